The van der Waals surface area contributed by atoms with Gasteiger partial charge in [0.05, 0.1) is 5.56 Å². The number of hydrogen-bond donors (Lipinski definition) is 3. The number of nitrogens with zero attached hydrogens (tertiary/aromatic N) is 3. The number of aliphatic hydroxyl groups is 3. The normalized spacial score (nSPS) is 12.2. The second kappa shape index (κ2) is 50.7. The fraction of sp³-hybridized carbons (Fsp3) is 0.345. The first-order valence-electron chi connectivity index (χ1n) is 47.7. The Hall–Kier alpha value is -9.38. The number of aliphatic hydroxyl groups excluding tert-OH is 3. The van der Waals surface area contributed by atoms with Crippen LogP contribution in [-0.2, 0) is 74.7 Å². The molecule has 0 spiro atoms. The number of ketones is 3. The Morgan fingerprint density at radius 2 is 0.832 bits per heavy atom. The van der Waals surface area contributed by atoms with Gasteiger partial charge in [-0.3, -0.25) is 24.4 Å². The van der Waals surface area contributed by atoms with Crippen LogP contribution in [0.3, 0.4) is 0 Å². The average molecular weight is 2470 g/mol. The van der Waals surface area contributed by atoms with Gasteiger partial charge in [-0.2, -0.15) is 0 Å². The van der Waals surface area contributed by atoms with Gasteiger partial charge in [-0.15, -0.1) is 70.1 Å². The molecule has 0 atom stereocenters. The monoisotopic (exact) mass is 2480 g/mol. The van der Waals surface area contributed by atoms with Gasteiger partial charge in [0.1, 0.15) is 40.3 Å². The van der Waals surface area contributed by atoms with Crippen molar-refractivity contribution in [3.8, 4) is 65.5 Å². The Kier molecular flexibility index (Phi) is 42.4. The number of aryl methyl sites for hydroxylation is 2. The minimum Gasteiger partial charge on any atom is -0.462 e. The van der Waals surface area contributed by atoms with Crippen LogP contribution in [0.2, 0.25) is 19.6 Å². The molecule has 0 amide bonds. The van der Waals surface area contributed by atoms with E-state index in [4.69, 9.17) is 9.40 Å². The van der Waals surface area contributed by atoms with Crippen LogP contribution >= 0.6 is 11.3 Å². The van der Waals surface area contributed by atoms with E-state index in [0.717, 1.165) is 153 Å². The molecule has 3 radical (unpaired) electrons. The molecule has 15 rings (SSSR count). The molecule has 137 heavy (non-hydrogen) atoms. The number of benzene rings is 9. The number of halogens is 2. The molecule has 10 nitrogen and oxygen atoms in total. The van der Waals surface area contributed by atoms with Crippen LogP contribution in [-0.4, -0.2) is 70.2 Å². The van der Waals surface area contributed by atoms with E-state index in [-0.39, 0.29) is 154 Å². The molecule has 0 aliphatic rings. The maximum Gasteiger partial charge on any atom is 0.137 e. The van der Waals surface area contributed by atoms with Crippen LogP contribution in [0.1, 0.15) is 213 Å². The van der Waals surface area contributed by atoms with Crippen LogP contribution in [0, 0.1) is 76.2 Å². The van der Waals surface area contributed by atoms with Crippen molar-refractivity contribution in [1.82, 2.24) is 15.0 Å². The molecule has 15 aromatic rings. The molecule has 18 heteroatoms. The van der Waals surface area contributed by atoms with Crippen LogP contribution in [0.15, 0.2) is 265 Å². The standard InChI is InChI=1S/C26H22NSeSi.C25H17FNO.C23H13FNS.3C15H28O2.3Ir/c1-29(2,3)24-17-21(15-19-11-7-8-12-22(19)24)25-26-20(13-14-27-25)16-23(28-26)18-9-5-4-6-10-18;1-15-7-8-22(26)21(11-15)23-14-18-9-10-27-24(25(18)28-23)19-12-16(2)20-6-4-3-5-17(20)13-19;24-20-8-4-3-7-19(20)21-14-18-11-12-25-22(23(18)26-21)17-10-9-15-5-1-2-6-16(15)13-17;3*1-7-14(5,8-2)12(16)11-13(17)15(6,9-3)10-4;;;/h4-14,16-17H,1-3H3;3-12,14H,1-2H3;1-12,14H;3*11,16H,7-10H2,1-6H3;;;/q3*-1;;;;;;. The third-order valence-electron chi connectivity index (χ3n) is 28.7. The number of furan rings is 1. The Bertz CT molecular complexity index is 6560. The van der Waals surface area contributed by atoms with Crippen LogP contribution in [0.25, 0.3) is 129 Å². The molecule has 0 unspecified atom stereocenters. The number of hydrogen-bond acceptors (Lipinski definition) is 11. The van der Waals surface area contributed by atoms with Crippen LogP contribution in [0.4, 0.5) is 8.78 Å². The molecular weight excluding hydrogens is 2340 g/mol. The SMILES string of the molecule is CCC(C)(CC)C(=O)C=C(O)C(C)(CC)CC.CCC(C)(CC)C(=O)C=C(O)C(C)(CC)CC.CCC(C)(CC)C(=O)C=C(O)C(C)(CC)CC.C[Si](C)(C)c1cc(-c2nccc3cc(-c4ccccc4)[se]c23)[c-]c2ccccc12.Cc1ccc(F)c(-c2cc3ccnc(-c4[c-]c5ccccc5c(C)c4)c3o2)c1.Fc1ccccc1-c1cc2ccnc(-c3[c-]c4ccccc4cc3)c2s1.[Ir].[Ir].[Ir]. The summed E-state index contributed by atoms with van der Waals surface area (Å²) in [6.07, 6.45) is 19.8. The zero-order valence-corrected chi connectivity index (χ0v) is 94.7. The second-order valence-corrected chi connectivity index (χ2v) is 46.2. The fourth-order valence-corrected chi connectivity index (χ4v) is 21.0. The predicted octanol–water partition coefficient (Wildman–Crippen LogP) is 33.7. The summed E-state index contributed by atoms with van der Waals surface area (Å²) >= 11 is 1.82. The van der Waals surface area contributed by atoms with Gasteiger partial charge in [0.15, 0.2) is 17.3 Å². The van der Waals surface area contributed by atoms with E-state index in [1.807, 2.05) is 211 Å². The summed E-state index contributed by atoms with van der Waals surface area (Å²) in [7, 11) is -1.51. The Labute approximate surface area is 864 Å². The smallest absolute Gasteiger partial charge is 0.137 e. The first-order chi connectivity index (χ1) is 63.8. The molecule has 0 aliphatic carbocycles. The van der Waals surface area contributed by atoms with Crippen LogP contribution < -0.4 is 5.19 Å². The molecule has 3 N–H and O–H groups in total. The number of carbonyl (C=O) groups is 3. The Morgan fingerprint density at radius 3 is 1.34 bits per heavy atom. The molecule has 6 heterocycles. The van der Waals surface area contributed by atoms with Crippen molar-refractivity contribution in [3.05, 3.63) is 301 Å². The van der Waals surface area contributed by atoms with E-state index < -0.39 is 8.07 Å². The van der Waals surface area contributed by atoms with Gasteiger partial charge >= 0.3 is 179 Å². The van der Waals surface area contributed by atoms with E-state index in [2.05, 4.69) is 158 Å². The molecule has 0 fully saturated rings. The number of allylic oxidation sites excluding steroid dienone is 6. The maximum atomic E-state index is 14.4. The van der Waals surface area contributed by atoms with Crippen molar-refractivity contribution >= 4 is 119 Å². The first kappa shape index (κ1) is 115. The van der Waals surface area contributed by atoms with Crippen molar-refractivity contribution in [2.75, 3.05) is 0 Å². The number of carbonyl (C=O) groups excluding carboxylic acids is 3. The first-order valence-corrected chi connectivity index (χ1v) is 53.7. The Morgan fingerprint density at radius 1 is 0.409 bits per heavy atom. The van der Waals surface area contributed by atoms with Gasteiger partial charge in [0.25, 0.3) is 0 Å². The number of fused-ring (bicyclic) bond motifs is 6. The minimum absolute atomic E-state index is 0. The van der Waals surface area contributed by atoms with Gasteiger partial charge in [-0.1, -0.05) is 220 Å². The van der Waals surface area contributed by atoms with Crippen molar-refractivity contribution < 1.29 is 103 Å². The largest absolute Gasteiger partial charge is 0.462 e. The number of pyridine rings is 3. The molecule has 0 bridgehead atoms. The quantitative estimate of drug-likeness (QED) is 0.0186. The van der Waals surface area contributed by atoms with Gasteiger partial charge in [-0.25, -0.2) is 8.78 Å². The summed E-state index contributed by atoms with van der Waals surface area (Å²) in [4.78, 5) is 51.4. The zero-order valence-electron chi connectivity index (χ0n) is 84.0. The second-order valence-electron chi connectivity index (χ2n) is 37.9. The maximum absolute atomic E-state index is 14.4. The topological polar surface area (TPSA) is 164 Å². The summed E-state index contributed by atoms with van der Waals surface area (Å²) in [5.41, 5.74) is 9.05. The van der Waals surface area contributed by atoms with Gasteiger partial charge in [0, 0.05) is 155 Å². The van der Waals surface area contributed by atoms with Crippen molar-refractivity contribution in [2.24, 2.45) is 32.5 Å². The average Bonchev–Trinajstić information content (AvgIpc) is 1.73. The predicted molar refractivity (Wildman–Crippen MR) is 566 cm³/mol. The molecule has 9 aromatic carbocycles. The Balaban J connectivity index is 0.000000227. The van der Waals surface area contributed by atoms with Gasteiger partial charge in [0.2, 0.25) is 0 Å². The summed E-state index contributed by atoms with van der Waals surface area (Å²) in [5, 5.41) is 42.1. The molecular formula is C119H136F2Ir3N3O7SSeSi-3. The van der Waals surface area contributed by atoms with E-state index in [9.17, 15) is 38.5 Å². The van der Waals surface area contributed by atoms with Gasteiger partial charge < -0.3 is 19.7 Å². The third-order valence-corrected chi connectivity index (χ3v) is 34.4. The third kappa shape index (κ3) is 27.3. The van der Waals surface area contributed by atoms with Crippen LogP contribution in [0.5, 0.6) is 0 Å². The van der Waals surface area contributed by atoms with Gasteiger partial charge in [-0.05, 0) is 132 Å². The van der Waals surface area contributed by atoms with E-state index in [1.165, 1.54) is 71.4 Å². The van der Waals surface area contributed by atoms with E-state index in [0.29, 0.717) is 28.2 Å². The number of rotatable bonds is 28. The number of aromatic nitrogens is 3. The zero-order chi connectivity index (χ0) is 97.8. The molecule has 0 aliphatic heterocycles. The van der Waals surface area contributed by atoms with E-state index in [1.54, 1.807) is 41.9 Å². The molecule has 729 valence electrons. The summed E-state index contributed by atoms with van der Waals surface area (Å²) in [6.45, 7) is 47.5. The fourth-order valence-electron chi connectivity index (χ4n) is 15.8. The number of thiophene rings is 1. The molecule has 6 aromatic heterocycles. The van der Waals surface area contributed by atoms with Crippen molar-refractivity contribution in [2.45, 2.75) is 235 Å². The minimum atomic E-state index is -1.51. The van der Waals surface area contributed by atoms with Crippen molar-refractivity contribution in [3.63, 3.8) is 0 Å². The molecule has 0 saturated carbocycles. The summed E-state index contributed by atoms with van der Waals surface area (Å²) in [5.74, 6) is 0.859. The summed E-state index contributed by atoms with van der Waals surface area (Å²) < 4.78 is 38.5. The van der Waals surface area contributed by atoms with E-state index >= 15 is 0 Å². The summed E-state index contributed by atoms with van der Waals surface area (Å²) in [6, 6.07) is 79.0. The van der Waals surface area contributed by atoms with Crippen molar-refractivity contribution in [1.29, 1.82) is 0 Å². The molecule has 0 saturated heterocycles.